The molecule has 0 saturated carbocycles. The molecule has 2 aromatic heterocycles. The number of para-hydroxylation sites is 1. The van der Waals surface area contributed by atoms with Gasteiger partial charge in [-0.2, -0.15) is 5.10 Å². The largest absolute Gasteiger partial charge is 0.356 e. The average molecular weight is 386 g/mol. The summed E-state index contributed by atoms with van der Waals surface area (Å²) in [5.41, 5.74) is 1.78. The molecule has 0 spiro atoms. The Bertz CT molecular complexity index is 924. The van der Waals surface area contributed by atoms with Crippen LogP contribution in [-0.4, -0.2) is 48.1 Å². The van der Waals surface area contributed by atoms with Crippen molar-refractivity contribution in [3.05, 3.63) is 42.9 Å². The first kappa shape index (κ1) is 18.0. The van der Waals surface area contributed by atoms with Crippen LogP contribution in [0.15, 0.2) is 42.9 Å². The molecule has 3 aromatic rings. The van der Waals surface area contributed by atoms with E-state index in [9.17, 15) is 4.21 Å². The quantitative estimate of drug-likeness (QED) is 0.630. The second-order valence-corrected chi connectivity index (χ2v) is 7.48. The summed E-state index contributed by atoms with van der Waals surface area (Å²) in [6.45, 7) is 2.39. The van der Waals surface area contributed by atoms with E-state index < -0.39 is 11.3 Å². The fourth-order valence-corrected chi connectivity index (χ4v) is 3.92. The number of nitrogens with one attached hydrogen (secondary N) is 1. The van der Waals surface area contributed by atoms with E-state index in [1.54, 1.807) is 6.33 Å². The number of hydrogen-bond acceptors (Lipinski definition) is 5. The molecule has 1 saturated heterocycles. The summed E-state index contributed by atoms with van der Waals surface area (Å²) in [5.74, 6) is 1.48. The molecule has 1 aromatic carbocycles. The van der Waals surface area contributed by atoms with E-state index in [2.05, 4.69) is 24.7 Å². The van der Waals surface area contributed by atoms with Crippen LogP contribution in [0.1, 0.15) is 19.3 Å². The Balaban J connectivity index is 1.49. The summed E-state index contributed by atoms with van der Waals surface area (Å²) in [7, 11) is 0. The molecule has 0 radical (unpaired) electrons. The maximum Gasteiger partial charge on any atom is 0.231 e. The number of piperidine rings is 1. The maximum atomic E-state index is 10.7. The van der Waals surface area contributed by atoms with Gasteiger partial charge in [-0.1, -0.05) is 18.2 Å². The van der Waals surface area contributed by atoms with Crippen LogP contribution in [0.25, 0.3) is 16.7 Å². The fourth-order valence-electron chi connectivity index (χ4n) is 3.63. The van der Waals surface area contributed by atoms with Gasteiger partial charge in [0.1, 0.15) is 12.1 Å². The van der Waals surface area contributed by atoms with Gasteiger partial charge < -0.3 is 4.90 Å². The Kier molecular flexibility index (Phi) is 5.42. The first-order valence-electron chi connectivity index (χ1n) is 9.06. The molecule has 0 bridgehead atoms. The third-order valence-corrected chi connectivity index (χ3v) is 5.49. The van der Waals surface area contributed by atoms with Gasteiger partial charge in [-0.15, -0.1) is 0 Å². The summed E-state index contributed by atoms with van der Waals surface area (Å²) in [4.78, 5) is 11.3. The second kappa shape index (κ2) is 8.12. The highest BCUT2D eigenvalue weighted by Crippen LogP contribution is 2.29. The van der Waals surface area contributed by atoms with Crippen LogP contribution >= 0.6 is 0 Å². The van der Waals surface area contributed by atoms with Crippen molar-refractivity contribution in [1.82, 2.24) is 24.5 Å². The molecule has 9 heteroatoms. The molecule has 1 aliphatic rings. The van der Waals surface area contributed by atoms with Gasteiger partial charge in [0.25, 0.3) is 0 Å². The van der Waals surface area contributed by atoms with Gasteiger partial charge in [0.2, 0.25) is 11.3 Å². The van der Waals surface area contributed by atoms with Gasteiger partial charge in [0.15, 0.2) is 5.65 Å². The molecule has 1 aliphatic heterocycles. The molecule has 0 amide bonds. The van der Waals surface area contributed by atoms with Crippen molar-refractivity contribution in [3.8, 4) is 5.69 Å². The summed E-state index contributed by atoms with van der Waals surface area (Å²) in [5, 5.41) is 5.48. The lowest BCUT2D eigenvalue weighted by Crippen LogP contribution is -2.35. The van der Waals surface area contributed by atoms with Crippen LogP contribution in [0.5, 0.6) is 0 Å². The SMILES string of the molecule is O=S(O)NCCC1CCN(c2ncnc3c2cnn3-c2ccccc2)CC1. The van der Waals surface area contributed by atoms with Crippen molar-refractivity contribution >= 4 is 28.1 Å². The predicted molar refractivity (Wildman–Crippen MR) is 105 cm³/mol. The van der Waals surface area contributed by atoms with Gasteiger partial charge in [0, 0.05) is 19.6 Å². The van der Waals surface area contributed by atoms with Crippen LogP contribution in [0.3, 0.4) is 0 Å². The zero-order valence-corrected chi connectivity index (χ0v) is 15.7. The molecule has 1 unspecified atom stereocenters. The van der Waals surface area contributed by atoms with Gasteiger partial charge >= 0.3 is 0 Å². The Labute approximate surface area is 160 Å². The molecule has 8 nitrogen and oxygen atoms in total. The smallest absolute Gasteiger partial charge is 0.231 e. The average Bonchev–Trinajstić information content (AvgIpc) is 3.13. The molecular weight excluding hydrogens is 364 g/mol. The first-order valence-corrected chi connectivity index (χ1v) is 10.2. The van der Waals surface area contributed by atoms with Gasteiger partial charge in [0.05, 0.1) is 17.3 Å². The number of rotatable bonds is 6. The van der Waals surface area contributed by atoms with Crippen molar-refractivity contribution < 1.29 is 8.76 Å². The summed E-state index contributed by atoms with van der Waals surface area (Å²) in [6.07, 6.45) is 6.43. The van der Waals surface area contributed by atoms with E-state index in [4.69, 9.17) is 4.55 Å². The van der Waals surface area contributed by atoms with E-state index >= 15 is 0 Å². The Hall–Kier alpha value is -2.36. The molecule has 27 heavy (non-hydrogen) atoms. The molecule has 3 heterocycles. The minimum absolute atomic E-state index is 0.557. The summed E-state index contributed by atoms with van der Waals surface area (Å²) in [6, 6.07) is 9.96. The normalized spacial score (nSPS) is 16.7. The van der Waals surface area contributed by atoms with Crippen molar-refractivity contribution in [2.45, 2.75) is 19.3 Å². The van der Waals surface area contributed by atoms with Crippen LogP contribution < -0.4 is 9.62 Å². The van der Waals surface area contributed by atoms with E-state index in [1.165, 1.54) is 0 Å². The highest BCUT2D eigenvalue weighted by Gasteiger charge is 2.22. The molecule has 4 rings (SSSR count). The lowest BCUT2D eigenvalue weighted by molar-refractivity contribution is 0.380. The molecule has 1 atom stereocenters. The van der Waals surface area contributed by atoms with E-state index in [0.717, 1.165) is 54.9 Å². The van der Waals surface area contributed by atoms with Crippen LogP contribution in [-0.2, 0) is 11.3 Å². The molecule has 142 valence electrons. The van der Waals surface area contributed by atoms with Gasteiger partial charge in [-0.25, -0.2) is 23.6 Å². The monoisotopic (exact) mass is 386 g/mol. The molecule has 2 N–H and O–H groups in total. The van der Waals surface area contributed by atoms with Gasteiger partial charge in [-0.05, 0) is 37.3 Å². The second-order valence-electron chi connectivity index (χ2n) is 6.69. The Morgan fingerprint density at radius 2 is 1.96 bits per heavy atom. The standard InChI is InChI=1S/C18H22N6O2S/c25-27(26)22-9-6-14-7-10-23(11-8-14)17-16-12-21-24(18(16)20-13-19-17)15-4-2-1-3-5-15/h1-5,12-14,22H,6-11H2,(H,25,26). The topological polar surface area (TPSA) is 96.2 Å². The van der Waals surface area contributed by atoms with Crippen LogP contribution in [0.2, 0.25) is 0 Å². The summed E-state index contributed by atoms with van der Waals surface area (Å²) >= 11 is -1.92. The number of hydrogen-bond donors (Lipinski definition) is 2. The van der Waals surface area contributed by atoms with Crippen molar-refractivity contribution in [3.63, 3.8) is 0 Å². The molecule has 1 fully saturated rings. The first-order chi connectivity index (χ1) is 13.2. The predicted octanol–water partition coefficient (Wildman–Crippen LogP) is 2.15. The molecule has 0 aliphatic carbocycles. The van der Waals surface area contributed by atoms with Gasteiger partial charge in [-0.3, -0.25) is 4.55 Å². The van der Waals surface area contributed by atoms with E-state index in [1.807, 2.05) is 41.2 Å². The zero-order valence-electron chi connectivity index (χ0n) is 14.9. The highest BCUT2D eigenvalue weighted by molar-refractivity contribution is 7.77. The number of benzene rings is 1. The molecular formula is C18H22N6O2S. The van der Waals surface area contributed by atoms with E-state index in [0.29, 0.717) is 12.5 Å². The fraction of sp³-hybridized carbons (Fsp3) is 0.389. The van der Waals surface area contributed by atoms with Crippen molar-refractivity contribution in [1.29, 1.82) is 0 Å². The zero-order chi connectivity index (χ0) is 18.6. The third-order valence-electron chi connectivity index (χ3n) is 5.04. The number of fused-ring (bicyclic) bond motifs is 1. The van der Waals surface area contributed by atoms with Crippen LogP contribution in [0.4, 0.5) is 5.82 Å². The minimum atomic E-state index is -1.92. The lowest BCUT2D eigenvalue weighted by atomic mass is 9.93. The number of anilines is 1. The maximum absolute atomic E-state index is 10.7. The number of aromatic nitrogens is 4. The van der Waals surface area contributed by atoms with Crippen molar-refractivity contribution in [2.24, 2.45) is 5.92 Å². The Morgan fingerprint density at radius 3 is 2.70 bits per heavy atom. The minimum Gasteiger partial charge on any atom is -0.356 e. The lowest BCUT2D eigenvalue weighted by Gasteiger charge is -2.33. The Morgan fingerprint density at radius 1 is 1.19 bits per heavy atom. The third kappa shape index (κ3) is 4.00. The number of nitrogens with zero attached hydrogens (tertiary/aromatic N) is 5. The summed E-state index contributed by atoms with van der Waals surface area (Å²) < 4.78 is 23.9. The van der Waals surface area contributed by atoms with Crippen molar-refractivity contribution in [2.75, 3.05) is 24.5 Å². The highest BCUT2D eigenvalue weighted by atomic mass is 32.2. The van der Waals surface area contributed by atoms with Crippen LogP contribution in [0, 0.1) is 5.92 Å². The van der Waals surface area contributed by atoms with E-state index in [-0.39, 0.29) is 0 Å².